The van der Waals surface area contributed by atoms with Crippen molar-refractivity contribution in [2.45, 2.75) is 71.0 Å². The Balaban J connectivity index is 0.00000453. The van der Waals surface area contributed by atoms with Crippen LogP contribution in [0.3, 0.4) is 0 Å². The number of aliphatic carboxylic acids is 1. The van der Waals surface area contributed by atoms with Crippen LogP contribution in [-0.2, 0) is 67.8 Å². The fourth-order valence-electron chi connectivity index (χ4n) is 4.45. The van der Waals surface area contributed by atoms with E-state index in [1.54, 1.807) is 37.3 Å². The number of ketones is 1. The Hall–Kier alpha value is -3.44. The Kier molecular flexibility index (Phi) is 19.6. The van der Waals surface area contributed by atoms with Crippen molar-refractivity contribution >= 4 is 35.4 Å². The molecule has 237 valence electrons. The third kappa shape index (κ3) is 12.7. The fourth-order valence-corrected chi connectivity index (χ4v) is 4.45. The molecule has 3 rings (SSSR count). The van der Waals surface area contributed by atoms with Crippen LogP contribution in [0.25, 0.3) is 0 Å². The van der Waals surface area contributed by atoms with Gasteiger partial charge in [0.15, 0.2) is 12.4 Å². The summed E-state index contributed by atoms with van der Waals surface area (Å²) in [6, 6.07) is 13.8. The van der Waals surface area contributed by atoms with Crippen LogP contribution in [0.4, 0.5) is 0 Å². The standard InChI is InChI=1S/C29H33N3O8.C2H6.CH3.Y/c1-2-21(30-25(34)16-19-10-5-3-6-11-19)28(38)32-15-9-14-23(32)27(37)31-22(17-26(35)36)24(33)18-40-29(39)20-12-7-4-8-13-20;1-2;;/h3-8,10-13,21-23H,2,9,14-18H2,1H3,(H,30,34)(H,31,37)(H,35,36);1-2H3;1H3;/q;;-1;. The first-order chi connectivity index (χ1) is 20.2. The van der Waals surface area contributed by atoms with Crippen LogP contribution in [0.15, 0.2) is 60.7 Å². The van der Waals surface area contributed by atoms with Gasteiger partial charge in [0.2, 0.25) is 17.7 Å². The first-order valence-electron chi connectivity index (χ1n) is 14.1. The van der Waals surface area contributed by atoms with E-state index in [1.165, 1.54) is 17.0 Å². The van der Waals surface area contributed by atoms with E-state index >= 15 is 0 Å². The maximum atomic E-state index is 13.3. The molecule has 0 bridgehead atoms. The van der Waals surface area contributed by atoms with Crippen LogP contribution in [0.5, 0.6) is 0 Å². The zero-order chi connectivity index (χ0) is 31.1. The number of nitrogens with zero attached hydrogens (tertiary/aromatic N) is 1. The molecule has 44 heavy (non-hydrogen) atoms. The largest absolute Gasteiger partial charge is 0.481 e. The second-order valence-electron chi connectivity index (χ2n) is 9.45. The number of esters is 1. The molecule has 0 aliphatic carbocycles. The third-order valence-corrected chi connectivity index (χ3v) is 6.53. The number of amides is 3. The number of hydrogen-bond donors (Lipinski definition) is 3. The normalized spacial score (nSPS) is 14.6. The van der Waals surface area contributed by atoms with Crippen LogP contribution in [0, 0.1) is 7.43 Å². The van der Waals surface area contributed by atoms with E-state index in [2.05, 4.69) is 10.6 Å². The molecule has 3 amide bonds. The van der Waals surface area contributed by atoms with Crippen LogP contribution < -0.4 is 10.6 Å². The third-order valence-electron chi connectivity index (χ3n) is 6.53. The molecule has 0 saturated carbocycles. The summed E-state index contributed by atoms with van der Waals surface area (Å²) < 4.78 is 5.01. The molecular weight excluding hydrogens is 643 g/mol. The summed E-state index contributed by atoms with van der Waals surface area (Å²) >= 11 is 0. The predicted molar refractivity (Wildman–Crippen MR) is 161 cm³/mol. The minimum Gasteiger partial charge on any atom is -0.481 e. The minimum absolute atomic E-state index is 0. The summed E-state index contributed by atoms with van der Waals surface area (Å²) in [5.74, 6) is -4.34. The second-order valence-corrected chi connectivity index (χ2v) is 9.45. The number of nitrogens with one attached hydrogen (secondary N) is 2. The second kappa shape index (κ2) is 21.3. The minimum atomic E-state index is -1.46. The van der Waals surface area contributed by atoms with E-state index < -0.39 is 60.7 Å². The maximum absolute atomic E-state index is 13.3. The van der Waals surface area contributed by atoms with Gasteiger partial charge >= 0.3 is 11.9 Å². The zero-order valence-electron chi connectivity index (χ0n) is 25.8. The van der Waals surface area contributed by atoms with E-state index in [9.17, 15) is 33.9 Å². The number of hydrogen-bond acceptors (Lipinski definition) is 7. The molecule has 3 unspecified atom stereocenters. The van der Waals surface area contributed by atoms with Gasteiger partial charge in [-0.2, -0.15) is 0 Å². The number of rotatable bonds is 13. The molecule has 1 fully saturated rings. The summed E-state index contributed by atoms with van der Waals surface area (Å²) in [7, 11) is 0. The van der Waals surface area contributed by atoms with E-state index in [4.69, 9.17) is 4.74 Å². The molecule has 0 spiro atoms. The van der Waals surface area contributed by atoms with Crippen molar-refractivity contribution in [3.8, 4) is 0 Å². The number of carbonyl (C=O) groups is 6. The van der Waals surface area contributed by atoms with E-state index in [0.29, 0.717) is 19.3 Å². The molecule has 2 aromatic carbocycles. The number of ether oxygens (including phenoxy) is 1. The molecule has 2 aromatic rings. The van der Waals surface area contributed by atoms with Crippen molar-refractivity contribution in [3.05, 3.63) is 79.2 Å². The van der Waals surface area contributed by atoms with Crippen LogP contribution in [0.2, 0.25) is 0 Å². The molecule has 1 heterocycles. The molecule has 1 saturated heterocycles. The van der Waals surface area contributed by atoms with Gasteiger partial charge in [-0.15, -0.1) is 0 Å². The number of Topliss-reactive ketones (excluding diaryl/α,β-unsaturated/α-hetero) is 1. The number of carboxylic acid groups (broad SMARTS) is 1. The van der Waals surface area contributed by atoms with E-state index in [1.807, 2.05) is 32.0 Å². The maximum Gasteiger partial charge on any atom is 0.338 e. The van der Waals surface area contributed by atoms with Gasteiger partial charge in [-0.25, -0.2) is 4.79 Å². The van der Waals surface area contributed by atoms with Gasteiger partial charge < -0.3 is 32.8 Å². The van der Waals surface area contributed by atoms with Crippen molar-refractivity contribution in [2.75, 3.05) is 13.2 Å². The summed E-state index contributed by atoms with van der Waals surface area (Å²) in [4.78, 5) is 76.6. The average molecular weight is 686 g/mol. The van der Waals surface area contributed by atoms with Gasteiger partial charge in [0.25, 0.3) is 0 Å². The Bertz CT molecular complexity index is 1230. The SMILES string of the molecule is CC.CCC(NC(=O)Cc1ccccc1)C(=O)N1CCCC1C(=O)NC(CC(=O)O)C(=O)COC(=O)c1ccccc1.[CH3-].[Y]. The summed E-state index contributed by atoms with van der Waals surface area (Å²) in [6.45, 7) is 5.29. The molecule has 1 aliphatic heterocycles. The molecule has 0 aromatic heterocycles. The topological polar surface area (TPSA) is 159 Å². The average Bonchev–Trinajstić information content (AvgIpc) is 3.50. The fraction of sp³-hybridized carbons (Fsp3) is 0.406. The van der Waals surface area contributed by atoms with Gasteiger partial charge in [-0.3, -0.25) is 24.0 Å². The number of carbonyl (C=O) groups excluding carboxylic acids is 5. The van der Waals surface area contributed by atoms with Crippen LogP contribution >= 0.6 is 0 Å². The molecular formula is C32H42N3O8Y-. The summed E-state index contributed by atoms with van der Waals surface area (Å²) in [5.41, 5.74) is 1.01. The van der Waals surface area contributed by atoms with Crippen molar-refractivity contribution in [1.82, 2.24) is 15.5 Å². The monoisotopic (exact) mass is 685 g/mol. The van der Waals surface area contributed by atoms with E-state index in [-0.39, 0.29) is 64.6 Å². The van der Waals surface area contributed by atoms with Crippen molar-refractivity contribution < 1.29 is 71.3 Å². The smallest absolute Gasteiger partial charge is 0.338 e. The molecule has 12 heteroatoms. The molecule has 1 radical (unpaired) electrons. The Morgan fingerprint density at radius 2 is 1.52 bits per heavy atom. The van der Waals surface area contributed by atoms with Gasteiger partial charge in [0, 0.05) is 39.3 Å². The number of likely N-dealkylation sites (tertiary alicyclic amines) is 1. The van der Waals surface area contributed by atoms with Crippen LogP contribution in [0.1, 0.15) is 62.4 Å². The Labute approximate surface area is 284 Å². The van der Waals surface area contributed by atoms with E-state index in [0.717, 1.165) is 5.56 Å². The van der Waals surface area contributed by atoms with Crippen molar-refractivity contribution in [1.29, 1.82) is 0 Å². The number of benzene rings is 2. The van der Waals surface area contributed by atoms with Gasteiger partial charge in [-0.1, -0.05) is 69.3 Å². The summed E-state index contributed by atoms with van der Waals surface area (Å²) in [6.07, 6.45) is 0.508. The van der Waals surface area contributed by atoms with Gasteiger partial charge in [-0.05, 0) is 37.0 Å². The molecule has 3 N–H and O–H groups in total. The van der Waals surface area contributed by atoms with Gasteiger partial charge in [0.1, 0.15) is 18.1 Å². The van der Waals surface area contributed by atoms with Gasteiger partial charge in [0.05, 0.1) is 18.4 Å². The first kappa shape index (κ1) is 40.6. The predicted octanol–water partition coefficient (Wildman–Crippen LogP) is 2.97. The first-order valence-corrected chi connectivity index (χ1v) is 14.1. The number of carboxylic acids is 1. The Morgan fingerprint density at radius 1 is 0.932 bits per heavy atom. The molecule has 11 nitrogen and oxygen atoms in total. The van der Waals surface area contributed by atoms with Crippen LogP contribution in [-0.4, -0.2) is 76.7 Å². The molecule has 1 aliphatic rings. The molecule has 3 atom stereocenters. The van der Waals surface area contributed by atoms with Crippen molar-refractivity contribution in [3.63, 3.8) is 0 Å². The zero-order valence-corrected chi connectivity index (χ0v) is 28.6. The summed E-state index contributed by atoms with van der Waals surface area (Å²) in [5, 5.41) is 14.4. The Morgan fingerprint density at radius 3 is 2.09 bits per heavy atom. The quantitative estimate of drug-likeness (QED) is 0.215. The van der Waals surface area contributed by atoms with Crippen molar-refractivity contribution in [2.24, 2.45) is 0 Å².